The monoisotopic (exact) mass is 656 g/mol. The number of nitrogens with zero attached hydrogens (tertiary/aromatic N) is 2. The highest BCUT2D eigenvalue weighted by atomic mass is 16.3. The first-order valence-corrected chi connectivity index (χ1v) is 19.8. The van der Waals surface area contributed by atoms with E-state index in [0.29, 0.717) is 47.3 Å². The van der Waals surface area contributed by atoms with Crippen LogP contribution in [0.5, 0.6) is 0 Å². The molecule has 9 rings (SSSR count). The van der Waals surface area contributed by atoms with Crippen LogP contribution >= 0.6 is 0 Å². The molecule has 6 fully saturated rings. The summed E-state index contributed by atoms with van der Waals surface area (Å²) in [5, 5.41) is 43.4. The predicted molar refractivity (Wildman–Crippen MR) is 186 cm³/mol. The van der Waals surface area contributed by atoms with Crippen LogP contribution in [0.1, 0.15) is 115 Å². The van der Waals surface area contributed by atoms with Crippen LogP contribution in [0, 0.1) is 69.0 Å². The second kappa shape index (κ2) is 11.0. The van der Waals surface area contributed by atoms with Gasteiger partial charge >= 0.3 is 0 Å². The number of hydrogen-bond donors (Lipinski definition) is 4. The Kier molecular flexibility index (Phi) is 7.37. The van der Waals surface area contributed by atoms with E-state index in [1.807, 2.05) is 12.2 Å². The van der Waals surface area contributed by atoms with Crippen LogP contribution in [0.2, 0.25) is 0 Å². The molecule has 0 amide bonds. The molecule has 6 nitrogen and oxygen atoms in total. The summed E-state index contributed by atoms with van der Waals surface area (Å²) in [5.74, 6) is 3.92. The van der Waals surface area contributed by atoms with Crippen molar-refractivity contribution < 1.29 is 20.4 Å². The lowest BCUT2D eigenvalue weighted by molar-refractivity contribution is -0.150. The number of hydrogen-bond acceptors (Lipinski definition) is 6. The van der Waals surface area contributed by atoms with Gasteiger partial charge in [0.2, 0.25) is 0 Å². The molecular formula is C42H60N2O4. The van der Waals surface area contributed by atoms with E-state index < -0.39 is 0 Å². The van der Waals surface area contributed by atoms with Crippen LogP contribution in [-0.4, -0.2) is 55.8 Å². The van der Waals surface area contributed by atoms with Crippen molar-refractivity contribution in [2.24, 2.45) is 69.0 Å². The summed E-state index contributed by atoms with van der Waals surface area (Å²) in [6.45, 7) is 9.94. The summed E-state index contributed by atoms with van der Waals surface area (Å²) in [4.78, 5) is 11.1. The van der Waals surface area contributed by atoms with Crippen molar-refractivity contribution in [1.82, 2.24) is 9.97 Å². The molecule has 262 valence electrons. The van der Waals surface area contributed by atoms with Gasteiger partial charge in [0.1, 0.15) is 0 Å². The van der Waals surface area contributed by atoms with Gasteiger partial charge in [-0.1, -0.05) is 51.0 Å². The molecular weight excluding hydrogens is 596 g/mol. The predicted octanol–water partition coefficient (Wildman–Crippen LogP) is 6.17. The van der Waals surface area contributed by atoms with Crippen LogP contribution in [-0.2, 0) is 25.7 Å². The minimum atomic E-state index is -0.314. The van der Waals surface area contributed by atoms with Crippen LogP contribution in [0.25, 0.3) is 0 Å². The maximum Gasteiger partial charge on any atom is 0.0628 e. The van der Waals surface area contributed by atoms with E-state index in [-0.39, 0.29) is 47.1 Å². The summed E-state index contributed by atoms with van der Waals surface area (Å²) >= 11 is 0. The van der Waals surface area contributed by atoms with Crippen molar-refractivity contribution in [3.05, 3.63) is 46.1 Å². The summed E-state index contributed by atoms with van der Waals surface area (Å²) in [5.41, 5.74) is 7.74. The van der Waals surface area contributed by atoms with Crippen molar-refractivity contribution in [3.63, 3.8) is 0 Å². The molecule has 8 aliphatic carbocycles. The van der Waals surface area contributed by atoms with Crippen molar-refractivity contribution in [1.29, 1.82) is 0 Å². The fraction of sp³-hybridized carbons (Fsp3) is 0.810. The third kappa shape index (κ3) is 4.24. The maximum absolute atomic E-state index is 12.0. The van der Waals surface area contributed by atoms with Gasteiger partial charge in [-0.15, -0.1) is 0 Å². The van der Waals surface area contributed by atoms with Gasteiger partial charge in [-0.2, -0.15) is 0 Å². The average Bonchev–Trinajstić information content (AvgIpc) is 3.53. The Bertz CT molecular complexity index is 1440. The molecule has 1 aromatic rings. The standard InChI is InChI=1S/C42H60N2O4/c1-39-21-35(47)37-27(29(39)11-7-23(39)13-15-45)9-5-25-17-31-33(19-41(25,37)3)43-32-18-26-6-10-28-30-12-8-24(14-16-46)40(30,2)22-36(48)38(28)42(26,4)20-34(32)44-31/h13-14,25-30,35-38,45-48H,5-12,15-22H2,1-4H3/b23-13+,24-14+/t25-,26-,27-,28-,29-,30-,35-,36-,37+,38+,39+,40+,41-,42-/m0/s1. The first kappa shape index (κ1) is 32.3. The largest absolute Gasteiger partial charge is 0.393 e. The zero-order valence-electron chi connectivity index (χ0n) is 29.9. The Morgan fingerprint density at radius 1 is 0.604 bits per heavy atom. The van der Waals surface area contributed by atoms with E-state index in [0.717, 1.165) is 51.4 Å². The molecule has 4 N–H and O–H groups in total. The molecule has 6 heteroatoms. The summed E-state index contributed by atoms with van der Waals surface area (Å²) in [7, 11) is 0. The maximum atomic E-state index is 12.0. The van der Waals surface area contributed by atoms with Gasteiger partial charge in [0.15, 0.2) is 0 Å². The lowest BCUT2D eigenvalue weighted by Crippen LogP contribution is -2.59. The van der Waals surface area contributed by atoms with Gasteiger partial charge in [-0.3, -0.25) is 9.97 Å². The molecule has 0 unspecified atom stereocenters. The highest BCUT2D eigenvalue weighted by molar-refractivity contribution is 5.33. The van der Waals surface area contributed by atoms with Crippen molar-refractivity contribution >= 4 is 0 Å². The molecule has 1 heterocycles. The highest BCUT2D eigenvalue weighted by Crippen LogP contribution is 2.68. The molecule has 8 aliphatic rings. The number of allylic oxidation sites excluding steroid dienone is 2. The summed E-state index contributed by atoms with van der Waals surface area (Å²) in [6.07, 6.45) is 18.2. The molecule has 14 atom stereocenters. The molecule has 48 heavy (non-hydrogen) atoms. The third-order valence-electron chi connectivity index (χ3n) is 17.5. The molecule has 0 saturated heterocycles. The van der Waals surface area contributed by atoms with E-state index in [1.165, 1.54) is 72.4 Å². The molecule has 0 aromatic carbocycles. The van der Waals surface area contributed by atoms with Crippen molar-refractivity contribution in [3.8, 4) is 0 Å². The Morgan fingerprint density at radius 2 is 1.02 bits per heavy atom. The van der Waals surface area contributed by atoms with Gasteiger partial charge in [0.05, 0.1) is 48.2 Å². The fourth-order valence-corrected chi connectivity index (χ4v) is 15.5. The smallest absolute Gasteiger partial charge is 0.0628 e. The zero-order valence-corrected chi connectivity index (χ0v) is 29.9. The van der Waals surface area contributed by atoms with Crippen molar-refractivity contribution in [2.45, 2.75) is 130 Å². The van der Waals surface area contributed by atoms with Gasteiger partial charge in [0.25, 0.3) is 0 Å². The zero-order chi connectivity index (χ0) is 33.4. The number of aliphatic hydroxyl groups excluding tert-OH is 4. The molecule has 6 saturated carbocycles. The molecule has 1 aromatic heterocycles. The van der Waals surface area contributed by atoms with Crippen LogP contribution in [0.4, 0.5) is 0 Å². The third-order valence-corrected chi connectivity index (χ3v) is 17.5. The summed E-state index contributed by atoms with van der Waals surface area (Å²) in [6, 6.07) is 0. The van der Waals surface area contributed by atoms with E-state index >= 15 is 0 Å². The van der Waals surface area contributed by atoms with Gasteiger partial charge in [-0.25, -0.2) is 0 Å². The Morgan fingerprint density at radius 3 is 1.42 bits per heavy atom. The van der Waals surface area contributed by atoms with Gasteiger partial charge in [0, 0.05) is 0 Å². The normalized spacial score (nSPS) is 52.0. The van der Waals surface area contributed by atoms with E-state index in [1.54, 1.807) is 0 Å². The van der Waals surface area contributed by atoms with Gasteiger partial charge < -0.3 is 20.4 Å². The van der Waals surface area contributed by atoms with E-state index in [2.05, 4.69) is 27.7 Å². The first-order chi connectivity index (χ1) is 22.9. The molecule has 0 spiro atoms. The number of aromatic nitrogens is 2. The summed E-state index contributed by atoms with van der Waals surface area (Å²) < 4.78 is 0. The number of rotatable bonds is 2. The SMILES string of the molecule is C[C@]12Cc3nc4c(nc3C[C@@H]1CC[C@@H]1[C@@H]2[C@@H](O)C[C@]2(C)/C(=C/CO)CC[C@@H]12)C[C@@]1(C)[C@@H](CC[C@@H]2[C@@H]1[C@@H](O)C[C@]1(C)/C(=C/CO)CC[C@@H]21)C4. The van der Waals surface area contributed by atoms with Crippen LogP contribution in [0.3, 0.4) is 0 Å². The minimum Gasteiger partial charge on any atom is -0.393 e. The lowest BCUT2D eigenvalue weighted by atomic mass is 9.44. The molecule has 0 aliphatic heterocycles. The fourth-order valence-electron chi connectivity index (χ4n) is 15.5. The Hall–Kier alpha value is -1.60. The number of fused-ring (bicyclic) bond motifs is 12. The second-order valence-corrected chi connectivity index (χ2v) is 19.2. The van der Waals surface area contributed by atoms with Crippen LogP contribution < -0.4 is 0 Å². The quantitative estimate of drug-likeness (QED) is 0.284. The average molecular weight is 657 g/mol. The van der Waals surface area contributed by atoms with Crippen LogP contribution in [0.15, 0.2) is 23.3 Å². The minimum absolute atomic E-state index is 0.0182. The molecule has 0 bridgehead atoms. The van der Waals surface area contributed by atoms with E-state index in [9.17, 15) is 20.4 Å². The highest BCUT2D eigenvalue weighted by Gasteiger charge is 2.64. The first-order valence-electron chi connectivity index (χ1n) is 19.8. The van der Waals surface area contributed by atoms with E-state index in [4.69, 9.17) is 9.97 Å². The van der Waals surface area contributed by atoms with Crippen molar-refractivity contribution in [2.75, 3.05) is 13.2 Å². The Labute approximate surface area is 287 Å². The number of aliphatic hydroxyl groups is 4. The van der Waals surface area contributed by atoms with Gasteiger partial charge in [-0.05, 0) is 159 Å². The molecule has 0 radical (unpaired) electrons. The topological polar surface area (TPSA) is 107 Å². The second-order valence-electron chi connectivity index (χ2n) is 19.2. The Balaban J connectivity index is 1.00. The lowest BCUT2D eigenvalue weighted by Gasteiger charge is -2.62.